The van der Waals surface area contributed by atoms with Crippen LogP contribution in [0.4, 0.5) is 5.69 Å². The van der Waals surface area contributed by atoms with Crippen LogP contribution in [0.3, 0.4) is 0 Å². The highest BCUT2D eigenvalue weighted by molar-refractivity contribution is 7.99. The standard InChI is InChI=1S/C12H15Cl2NO3S2/c1-18-10(16)6-7-19-9-5-4-8(13)12(11(9)14)15-20(2,3)17/h4-5H,6-7H2,1-3H3. The number of methoxy groups -OCH3 is 1. The molecule has 1 aromatic carbocycles. The number of hydrogen-bond acceptors (Lipinski definition) is 5. The number of halogens is 2. The first-order valence-electron chi connectivity index (χ1n) is 5.59. The molecule has 0 radical (unpaired) electrons. The van der Waals surface area contributed by atoms with Crippen molar-refractivity contribution in [3.05, 3.63) is 22.2 Å². The van der Waals surface area contributed by atoms with Gasteiger partial charge in [0.25, 0.3) is 0 Å². The molecule has 0 saturated heterocycles. The third-order valence-electron chi connectivity index (χ3n) is 2.13. The van der Waals surface area contributed by atoms with Crippen molar-refractivity contribution in [2.24, 2.45) is 4.36 Å². The Hall–Kier alpha value is -0.430. The largest absolute Gasteiger partial charge is 0.469 e. The highest BCUT2D eigenvalue weighted by Gasteiger charge is 2.12. The van der Waals surface area contributed by atoms with Crippen LogP contribution in [-0.2, 0) is 19.3 Å². The van der Waals surface area contributed by atoms with Crippen molar-refractivity contribution >= 4 is 56.3 Å². The summed E-state index contributed by atoms with van der Waals surface area (Å²) < 4.78 is 20.4. The van der Waals surface area contributed by atoms with Crippen LogP contribution in [0.15, 0.2) is 21.4 Å². The number of carbonyl (C=O) groups excluding carboxylic acids is 1. The van der Waals surface area contributed by atoms with Crippen molar-refractivity contribution in [1.29, 1.82) is 0 Å². The Bertz CT molecular complexity index is 617. The van der Waals surface area contributed by atoms with Crippen LogP contribution < -0.4 is 0 Å². The molecule has 0 bridgehead atoms. The quantitative estimate of drug-likeness (QED) is 0.591. The van der Waals surface area contributed by atoms with E-state index in [-0.39, 0.29) is 12.4 Å². The van der Waals surface area contributed by atoms with E-state index in [1.165, 1.54) is 31.4 Å². The Morgan fingerprint density at radius 1 is 1.40 bits per heavy atom. The van der Waals surface area contributed by atoms with Crippen LogP contribution in [0.5, 0.6) is 0 Å². The van der Waals surface area contributed by atoms with Gasteiger partial charge in [0.15, 0.2) is 0 Å². The summed E-state index contributed by atoms with van der Waals surface area (Å²) in [7, 11) is -1.01. The summed E-state index contributed by atoms with van der Waals surface area (Å²) in [6, 6.07) is 3.40. The number of rotatable bonds is 5. The molecular weight excluding hydrogens is 341 g/mol. The Labute approximate surface area is 133 Å². The Balaban J connectivity index is 2.98. The second-order valence-electron chi connectivity index (χ2n) is 4.16. The predicted octanol–water partition coefficient (Wildman–Crippen LogP) is 4.01. The van der Waals surface area contributed by atoms with Gasteiger partial charge in [-0.25, -0.2) is 4.21 Å². The fraction of sp³-hybridized carbons (Fsp3) is 0.417. The first-order chi connectivity index (χ1) is 9.24. The van der Waals surface area contributed by atoms with Gasteiger partial charge >= 0.3 is 5.97 Å². The third-order valence-corrected chi connectivity index (χ3v) is 4.62. The minimum atomic E-state index is -2.35. The van der Waals surface area contributed by atoms with Gasteiger partial charge in [-0.1, -0.05) is 23.2 Å². The van der Waals surface area contributed by atoms with Crippen LogP contribution in [0.2, 0.25) is 10.0 Å². The molecule has 0 aliphatic rings. The molecular formula is C12H15Cl2NO3S2. The molecule has 4 nitrogen and oxygen atoms in total. The zero-order chi connectivity index (χ0) is 15.3. The summed E-state index contributed by atoms with van der Waals surface area (Å²) in [5, 5.41) is 0.701. The molecule has 0 aliphatic heterocycles. The number of thioether (sulfide) groups is 1. The summed E-state index contributed by atoms with van der Waals surface area (Å²) in [6.07, 6.45) is 3.30. The van der Waals surface area contributed by atoms with Crippen LogP contribution in [0, 0.1) is 0 Å². The van der Waals surface area contributed by atoms with Gasteiger partial charge in [0.2, 0.25) is 0 Å². The normalized spacial score (nSPS) is 11.2. The highest BCUT2D eigenvalue weighted by Crippen LogP contribution is 2.40. The SMILES string of the molecule is COC(=O)CCSc1ccc(Cl)c(N=S(C)(C)=O)c1Cl. The van der Waals surface area contributed by atoms with E-state index in [4.69, 9.17) is 23.2 Å². The summed E-state index contributed by atoms with van der Waals surface area (Å²) in [5.74, 6) is 0.249. The first-order valence-corrected chi connectivity index (χ1v) is 9.66. The van der Waals surface area contributed by atoms with E-state index >= 15 is 0 Å². The summed E-state index contributed by atoms with van der Waals surface area (Å²) in [6.45, 7) is 0. The predicted molar refractivity (Wildman–Crippen MR) is 85.9 cm³/mol. The van der Waals surface area contributed by atoms with E-state index in [1.807, 2.05) is 0 Å². The molecule has 20 heavy (non-hydrogen) atoms. The van der Waals surface area contributed by atoms with Gasteiger partial charge in [0.1, 0.15) is 5.69 Å². The van der Waals surface area contributed by atoms with Crippen molar-refractivity contribution in [3.63, 3.8) is 0 Å². The lowest BCUT2D eigenvalue weighted by Gasteiger charge is -2.08. The number of hydrogen-bond donors (Lipinski definition) is 0. The first kappa shape index (κ1) is 17.6. The van der Waals surface area contributed by atoms with E-state index < -0.39 is 9.73 Å². The Morgan fingerprint density at radius 2 is 2.05 bits per heavy atom. The molecule has 0 aromatic heterocycles. The van der Waals surface area contributed by atoms with Crippen LogP contribution >= 0.6 is 35.0 Å². The Morgan fingerprint density at radius 3 is 2.60 bits per heavy atom. The maximum absolute atomic E-state index is 11.8. The fourth-order valence-corrected chi connectivity index (χ4v) is 3.51. The van der Waals surface area contributed by atoms with Crippen molar-refractivity contribution < 1.29 is 13.7 Å². The lowest BCUT2D eigenvalue weighted by Crippen LogP contribution is -2.00. The molecule has 8 heteroatoms. The smallest absolute Gasteiger partial charge is 0.306 e. The van der Waals surface area contributed by atoms with Crippen molar-refractivity contribution in [2.75, 3.05) is 25.4 Å². The summed E-state index contributed by atoms with van der Waals surface area (Å²) >= 11 is 13.7. The average molecular weight is 356 g/mol. The van der Waals surface area contributed by atoms with Gasteiger partial charge < -0.3 is 4.74 Å². The van der Waals surface area contributed by atoms with Crippen molar-refractivity contribution in [1.82, 2.24) is 0 Å². The molecule has 0 aliphatic carbocycles. The lowest BCUT2D eigenvalue weighted by atomic mass is 10.3. The second-order valence-corrected chi connectivity index (χ2v) is 8.62. The maximum atomic E-state index is 11.8. The molecule has 112 valence electrons. The van der Waals surface area contributed by atoms with Gasteiger partial charge in [-0.15, -0.1) is 11.8 Å². The van der Waals surface area contributed by atoms with E-state index in [9.17, 15) is 9.00 Å². The molecule has 0 spiro atoms. The molecule has 1 rings (SSSR count). The van der Waals surface area contributed by atoms with Gasteiger partial charge in [0, 0.05) is 32.9 Å². The molecule has 0 unspecified atom stereocenters. The average Bonchev–Trinajstić information content (AvgIpc) is 2.35. The van der Waals surface area contributed by atoms with Gasteiger partial charge in [-0.05, 0) is 12.1 Å². The molecule has 0 saturated carbocycles. The number of ether oxygens (including phenoxy) is 1. The molecule has 0 amide bonds. The molecule has 0 atom stereocenters. The van der Waals surface area contributed by atoms with E-state index in [1.54, 1.807) is 12.1 Å². The topological polar surface area (TPSA) is 55.7 Å². The maximum Gasteiger partial charge on any atom is 0.306 e. The molecule has 0 fully saturated rings. The minimum absolute atomic E-state index is 0.280. The van der Waals surface area contributed by atoms with E-state index in [0.29, 0.717) is 21.5 Å². The Kier molecular flexibility index (Phi) is 6.64. The summed E-state index contributed by atoms with van der Waals surface area (Å²) in [5.41, 5.74) is 0.325. The van der Waals surface area contributed by atoms with Crippen molar-refractivity contribution in [2.45, 2.75) is 11.3 Å². The zero-order valence-corrected chi connectivity index (χ0v) is 14.5. The van der Waals surface area contributed by atoms with Gasteiger partial charge in [0.05, 0.1) is 23.6 Å². The van der Waals surface area contributed by atoms with Crippen LogP contribution in [0.25, 0.3) is 0 Å². The number of benzene rings is 1. The van der Waals surface area contributed by atoms with Crippen LogP contribution in [0.1, 0.15) is 6.42 Å². The lowest BCUT2D eigenvalue weighted by molar-refractivity contribution is -0.140. The van der Waals surface area contributed by atoms with Crippen molar-refractivity contribution in [3.8, 4) is 0 Å². The van der Waals surface area contributed by atoms with Gasteiger partial charge in [-0.3, -0.25) is 4.79 Å². The highest BCUT2D eigenvalue weighted by atomic mass is 35.5. The second kappa shape index (κ2) is 7.54. The van der Waals surface area contributed by atoms with Crippen LogP contribution in [-0.4, -0.2) is 35.6 Å². The zero-order valence-electron chi connectivity index (χ0n) is 11.3. The third kappa shape index (κ3) is 5.52. The fourth-order valence-electron chi connectivity index (χ4n) is 1.28. The number of nitrogens with zero attached hydrogens (tertiary/aromatic N) is 1. The summed E-state index contributed by atoms with van der Waals surface area (Å²) in [4.78, 5) is 11.8. The molecule has 0 heterocycles. The molecule has 0 N–H and O–H groups in total. The number of esters is 1. The number of carbonyl (C=O) groups is 1. The van der Waals surface area contributed by atoms with E-state index in [2.05, 4.69) is 9.10 Å². The van der Waals surface area contributed by atoms with E-state index in [0.717, 1.165) is 4.90 Å². The van der Waals surface area contributed by atoms with Gasteiger partial charge in [-0.2, -0.15) is 4.36 Å². The monoisotopic (exact) mass is 355 g/mol. The minimum Gasteiger partial charge on any atom is -0.469 e. The molecule has 1 aromatic rings.